The van der Waals surface area contributed by atoms with Crippen molar-refractivity contribution in [2.45, 2.75) is 18.8 Å². The third-order valence-electron chi connectivity index (χ3n) is 4.20. The van der Waals surface area contributed by atoms with Crippen LogP contribution in [0.5, 0.6) is 11.5 Å². The molecule has 0 spiro atoms. The Hall–Kier alpha value is -3.20. The first-order valence-electron chi connectivity index (χ1n) is 8.51. The van der Waals surface area contributed by atoms with Crippen molar-refractivity contribution in [1.82, 2.24) is 5.32 Å². The molecule has 1 saturated heterocycles. The van der Waals surface area contributed by atoms with E-state index in [4.69, 9.17) is 4.74 Å². The fourth-order valence-corrected chi connectivity index (χ4v) is 3.66. The third-order valence-corrected chi connectivity index (χ3v) is 5.23. The second-order valence-corrected chi connectivity index (χ2v) is 7.16. The molecule has 2 aromatic carbocycles. The summed E-state index contributed by atoms with van der Waals surface area (Å²) in [6.07, 6.45) is 2.35. The number of thioether (sulfide) groups is 1. The maximum absolute atomic E-state index is 12.3. The zero-order valence-corrected chi connectivity index (χ0v) is 16.1. The normalized spacial score (nSPS) is 17.4. The molecule has 0 bridgehead atoms. The number of nitrogens with zero attached hydrogens (tertiary/aromatic N) is 1. The number of non-ortho nitro benzene ring substituents is 1. The Kier molecular flexibility index (Phi) is 5.74. The molecule has 9 heteroatoms. The lowest BCUT2D eigenvalue weighted by Crippen LogP contribution is -2.30. The molecular formula is C19H19N3O5S. The molecule has 8 nitrogen and oxygen atoms in total. The molecule has 0 aliphatic carbocycles. The first-order chi connectivity index (χ1) is 13.4. The van der Waals surface area contributed by atoms with Crippen LogP contribution in [0, 0.1) is 10.1 Å². The van der Waals surface area contributed by atoms with Gasteiger partial charge in [0.25, 0.3) is 11.6 Å². The van der Waals surface area contributed by atoms with Crippen molar-refractivity contribution in [3.8, 4) is 11.5 Å². The van der Waals surface area contributed by atoms with Crippen LogP contribution in [0.15, 0.2) is 41.3 Å². The Morgan fingerprint density at radius 3 is 2.68 bits per heavy atom. The van der Waals surface area contributed by atoms with Crippen molar-refractivity contribution in [2.24, 2.45) is 0 Å². The van der Waals surface area contributed by atoms with E-state index in [1.807, 2.05) is 24.3 Å². The zero-order chi connectivity index (χ0) is 20.3. The monoisotopic (exact) mass is 401 g/mol. The van der Waals surface area contributed by atoms with Gasteiger partial charge in [-0.15, -0.1) is 0 Å². The van der Waals surface area contributed by atoms with Crippen molar-refractivity contribution in [3.63, 3.8) is 0 Å². The van der Waals surface area contributed by atoms with Crippen LogP contribution in [0.25, 0.3) is 6.08 Å². The Balaban J connectivity index is 1.82. The van der Waals surface area contributed by atoms with E-state index in [1.165, 1.54) is 36.6 Å². The molecule has 0 aromatic heterocycles. The van der Waals surface area contributed by atoms with Gasteiger partial charge in [-0.3, -0.25) is 14.9 Å². The molecule has 3 N–H and O–H groups in total. The van der Waals surface area contributed by atoms with Gasteiger partial charge in [0.05, 0.1) is 23.0 Å². The Labute approximate surface area is 165 Å². The predicted octanol–water partition coefficient (Wildman–Crippen LogP) is 3.47. The highest BCUT2D eigenvalue weighted by atomic mass is 32.2. The molecule has 28 heavy (non-hydrogen) atoms. The summed E-state index contributed by atoms with van der Waals surface area (Å²) in [5, 5.41) is 27.3. The topological polar surface area (TPSA) is 114 Å². The van der Waals surface area contributed by atoms with Gasteiger partial charge in [0.1, 0.15) is 0 Å². The minimum atomic E-state index is -0.587. The first kappa shape index (κ1) is 19.6. The maximum Gasteiger partial charge on any atom is 0.274 e. The summed E-state index contributed by atoms with van der Waals surface area (Å²) < 4.78 is 4.98. The van der Waals surface area contributed by atoms with E-state index in [0.717, 1.165) is 18.2 Å². The number of nitrogens with one attached hydrogen (secondary N) is 2. The standard InChI is InChI=1S/C19H19N3O5S/c1-3-11-4-6-13(7-5-11)20-19-21-18(24)16(28-19)9-12-8-14(22(25)26)10-15(27-2)17(12)23/h4-10,19-20,23H,3H2,1-2H3,(H,21,24)/b16-9-. The van der Waals surface area contributed by atoms with Crippen LogP contribution in [0.4, 0.5) is 11.4 Å². The molecule has 3 rings (SSSR count). The Bertz CT molecular complexity index is 943. The van der Waals surface area contributed by atoms with Gasteiger partial charge in [-0.2, -0.15) is 0 Å². The number of aromatic hydroxyl groups is 1. The Morgan fingerprint density at radius 1 is 1.36 bits per heavy atom. The first-order valence-corrected chi connectivity index (χ1v) is 9.39. The van der Waals surface area contributed by atoms with Crippen molar-refractivity contribution >= 4 is 35.1 Å². The predicted molar refractivity (Wildman–Crippen MR) is 108 cm³/mol. The van der Waals surface area contributed by atoms with Crippen LogP contribution in [0.2, 0.25) is 0 Å². The quantitative estimate of drug-likeness (QED) is 0.386. The molecule has 0 radical (unpaired) electrons. The smallest absolute Gasteiger partial charge is 0.274 e. The minimum absolute atomic E-state index is 0.0323. The van der Waals surface area contributed by atoms with Crippen LogP contribution in [0.1, 0.15) is 18.1 Å². The van der Waals surface area contributed by atoms with E-state index in [2.05, 4.69) is 17.6 Å². The number of anilines is 1. The minimum Gasteiger partial charge on any atom is -0.504 e. The lowest BCUT2D eigenvalue weighted by Gasteiger charge is -2.12. The number of rotatable bonds is 6. The number of hydrogen-bond donors (Lipinski definition) is 3. The van der Waals surface area contributed by atoms with Crippen LogP contribution in [0.3, 0.4) is 0 Å². The van der Waals surface area contributed by atoms with E-state index in [-0.39, 0.29) is 28.7 Å². The number of nitro benzene ring substituents is 1. The third kappa shape index (κ3) is 4.20. The van der Waals surface area contributed by atoms with Crippen LogP contribution < -0.4 is 15.4 Å². The summed E-state index contributed by atoms with van der Waals surface area (Å²) in [5.74, 6) is -0.631. The number of ether oxygens (including phenoxy) is 1. The lowest BCUT2D eigenvalue weighted by atomic mass is 10.1. The molecular weight excluding hydrogens is 382 g/mol. The van der Waals surface area contributed by atoms with Crippen molar-refractivity contribution < 1.29 is 19.6 Å². The maximum atomic E-state index is 12.3. The molecule has 1 amide bonds. The molecule has 1 unspecified atom stereocenters. The highest BCUT2D eigenvalue weighted by Crippen LogP contribution is 2.38. The number of carbonyl (C=O) groups is 1. The average molecular weight is 401 g/mol. The van der Waals surface area contributed by atoms with E-state index < -0.39 is 10.4 Å². The van der Waals surface area contributed by atoms with Crippen molar-refractivity contribution in [2.75, 3.05) is 12.4 Å². The number of phenols is 1. The van der Waals surface area contributed by atoms with Gasteiger partial charge in [0, 0.05) is 17.3 Å². The lowest BCUT2D eigenvalue weighted by molar-refractivity contribution is -0.385. The fourth-order valence-electron chi connectivity index (χ4n) is 2.68. The fraction of sp³-hybridized carbons (Fsp3) is 0.211. The molecule has 1 aliphatic rings. The van der Waals surface area contributed by atoms with Gasteiger partial charge in [-0.25, -0.2) is 0 Å². The van der Waals surface area contributed by atoms with E-state index in [9.17, 15) is 20.0 Å². The summed E-state index contributed by atoms with van der Waals surface area (Å²) in [5.41, 5.74) is 1.57. The number of hydrogen-bond acceptors (Lipinski definition) is 7. The molecule has 2 aromatic rings. The molecule has 1 heterocycles. The second kappa shape index (κ2) is 8.22. The van der Waals surface area contributed by atoms with E-state index in [0.29, 0.717) is 4.91 Å². The number of nitro groups is 1. The summed E-state index contributed by atoms with van der Waals surface area (Å²) in [7, 11) is 1.30. The number of carbonyl (C=O) groups excluding carboxylic acids is 1. The number of methoxy groups -OCH3 is 1. The van der Waals surface area contributed by atoms with Crippen LogP contribution in [-0.4, -0.2) is 28.5 Å². The average Bonchev–Trinajstić information content (AvgIpc) is 3.02. The van der Waals surface area contributed by atoms with Crippen LogP contribution in [-0.2, 0) is 11.2 Å². The van der Waals surface area contributed by atoms with E-state index >= 15 is 0 Å². The zero-order valence-electron chi connectivity index (χ0n) is 15.3. The molecule has 1 atom stereocenters. The number of aryl methyl sites for hydroxylation is 1. The van der Waals surface area contributed by atoms with Crippen LogP contribution >= 0.6 is 11.8 Å². The van der Waals surface area contributed by atoms with Gasteiger partial charge in [-0.1, -0.05) is 30.8 Å². The SMILES string of the molecule is CCc1ccc(NC2NC(=O)/C(=C/c3cc([N+](=O)[O-])cc(OC)c3O)S2)cc1. The van der Waals surface area contributed by atoms with E-state index in [1.54, 1.807) is 0 Å². The summed E-state index contributed by atoms with van der Waals surface area (Å²) >= 11 is 1.22. The molecule has 1 aliphatic heterocycles. The molecule has 0 saturated carbocycles. The summed E-state index contributed by atoms with van der Waals surface area (Å²) in [6.45, 7) is 2.07. The van der Waals surface area contributed by atoms with Crippen molar-refractivity contribution in [1.29, 1.82) is 0 Å². The largest absolute Gasteiger partial charge is 0.504 e. The molecule has 146 valence electrons. The number of benzene rings is 2. The highest BCUT2D eigenvalue weighted by Gasteiger charge is 2.28. The summed E-state index contributed by atoms with van der Waals surface area (Å²) in [4.78, 5) is 23.1. The number of amides is 1. The Morgan fingerprint density at radius 2 is 2.07 bits per heavy atom. The van der Waals surface area contributed by atoms with Crippen molar-refractivity contribution in [3.05, 3.63) is 62.5 Å². The highest BCUT2D eigenvalue weighted by molar-refractivity contribution is 8.05. The van der Waals surface area contributed by atoms with Gasteiger partial charge in [0.2, 0.25) is 0 Å². The molecule has 1 fully saturated rings. The van der Waals surface area contributed by atoms with Gasteiger partial charge in [-0.05, 0) is 30.2 Å². The second-order valence-electron chi connectivity index (χ2n) is 6.02. The van der Waals surface area contributed by atoms with Gasteiger partial charge >= 0.3 is 0 Å². The summed E-state index contributed by atoms with van der Waals surface area (Å²) in [6, 6.07) is 10.2. The number of phenolic OH excluding ortho intramolecular Hbond substituents is 1. The van der Waals surface area contributed by atoms with Gasteiger partial charge in [0.15, 0.2) is 17.0 Å². The van der Waals surface area contributed by atoms with Gasteiger partial charge < -0.3 is 20.5 Å².